The van der Waals surface area contributed by atoms with E-state index in [1.165, 1.54) is 0 Å². The minimum absolute atomic E-state index is 0.0238. The number of thiazole rings is 1. The number of nitrogens with one attached hydrogen (secondary N) is 2. The predicted octanol–water partition coefficient (Wildman–Crippen LogP) is 1.28. The number of para-hydroxylation sites is 1. The van der Waals surface area contributed by atoms with E-state index in [1.807, 2.05) is 24.3 Å². The molecule has 2 aromatic rings. The molecule has 0 aliphatic rings. The molecule has 5 heteroatoms. The fourth-order valence-electron chi connectivity index (χ4n) is 1.17. The number of rotatable bonds is 2. The molecule has 0 spiro atoms. The molecule has 0 atom stereocenters. The number of nitrogens with zero attached hydrogens (tertiary/aromatic N) is 1. The van der Waals surface area contributed by atoms with Gasteiger partial charge in [-0.1, -0.05) is 12.1 Å². The lowest BCUT2D eigenvalue weighted by Crippen LogP contribution is -2.29. The molecular formula is C9H10N4S. The summed E-state index contributed by atoms with van der Waals surface area (Å²) in [5.41, 5.74) is 6.18. The van der Waals surface area contributed by atoms with Crippen LogP contribution in [0.5, 0.6) is 0 Å². The van der Waals surface area contributed by atoms with Gasteiger partial charge in [0.25, 0.3) is 0 Å². The zero-order valence-electron chi connectivity index (χ0n) is 7.45. The first kappa shape index (κ1) is 8.96. The van der Waals surface area contributed by atoms with Crippen LogP contribution in [0.25, 0.3) is 10.2 Å². The summed E-state index contributed by atoms with van der Waals surface area (Å²) in [5, 5.41) is 10.7. The van der Waals surface area contributed by atoms with Crippen LogP contribution in [-0.2, 0) is 6.54 Å². The molecule has 4 nitrogen and oxygen atoms in total. The summed E-state index contributed by atoms with van der Waals surface area (Å²) < 4.78 is 1.16. The first-order valence-electron chi connectivity index (χ1n) is 4.18. The van der Waals surface area contributed by atoms with Crippen molar-refractivity contribution in [3.05, 3.63) is 29.3 Å². The van der Waals surface area contributed by atoms with Crippen molar-refractivity contribution in [2.45, 2.75) is 6.54 Å². The van der Waals surface area contributed by atoms with E-state index in [2.05, 4.69) is 10.3 Å². The second-order valence-corrected chi connectivity index (χ2v) is 3.96. The molecule has 0 aliphatic carbocycles. The summed E-state index contributed by atoms with van der Waals surface area (Å²) in [4.78, 5) is 4.39. The molecule has 0 bridgehead atoms. The van der Waals surface area contributed by atoms with E-state index in [1.54, 1.807) is 11.3 Å². The molecule has 0 fully saturated rings. The standard InChI is InChI=1S/C9H10N4S/c10-9(11)12-5-8-13-6-3-1-2-4-7(6)14-8/h1-4H,5H2,(H4,10,11,12). The summed E-state index contributed by atoms with van der Waals surface area (Å²) in [6.45, 7) is 0.523. The topological polar surface area (TPSA) is 74.8 Å². The van der Waals surface area contributed by atoms with Gasteiger partial charge in [0.2, 0.25) is 0 Å². The largest absolute Gasteiger partial charge is 0.370 e. The Balaban J connectivity index is 2.22. The SMILES string of the molecule is N=C(N)NCc1nc2ccccc2s1. The molecule has 14 heavy (non-hydrogen) atoms. The maximum Gasteiger partial charge on any atom is 0.186 e. The third-order valence-corrected chi connectivity index (χ3v) is 2.80. The molecule has 0 amide bonds. The highest BCUT2D eigenvalue weighted by atomic mass is 32.1. The van der Waals surface area contributed by atoms with Gasteiger partial charge < -0.3 is 11.1 Å². The maximum atomic E-state index is 7.02. The quantitative estimate of drug-likeness (QED) is 0.512. The van der Waals surface area contributed by atoms with E-state index in [0.29, 0.717) is 6.54 Å². The molecule has 1 aromatic heterocycles. The number of hydrogen-bond acceptors (Lipinski definition) is 3. The zero-order chi connectivity index (χ0) is 9.97. The third kappa shape index (κ3) is 1.82. The summed E-state index contributed by atoms with van der Waals surface area (Å²) in [6, 6.07) is 7.96. The van der Waals surface area contributed by atoms with E-state index < -0.39 is 0 Å². The van der Waals surface area contributed by atoms with Crippen LogP contribution in [0.2, 0.25) is 0 Å². The third-order valence-electron chi connectivity index (χ3n) is 1.77. The van der Waals surface area contributed by atoms with Gasteiger partial charge in [-0.3, -0.25) is 5.41 Å². The van der Waals surface area contributed by atoms with Crippen molar-refractivity contribution < 1.29 is 0 Å². The lowest BCUT2D eigenvalue weighted by atomic mass is 10.3. The average molecular weight is 206 g/mol. The summed E-state index contributed by atoms with van der Waals surface area (Å²) in [5.74, 6) is -0.0238. The number of nitrogens with two attached hydrogens (primary N) is 1. The second-order valence-electron chi connectivity index (χ2n) is 2.84. The smallest absolute Gasteiger partial charge is 0.186 e. The lowest BCUT2D eigenvalue weighted by Gasteiger charge is -1.97. The maximum absolute atomic E-state index is 7.02. The summed E-state index contributed by atoms with van der Waals surface area (Å²) >= 11 is 1.61. The number of benzene rings is 1. The highest BCUT2D eigenvalue weighted by Crippen LogP contribution is 2.20. The van der Waals surface area contributed by atoms with Gasteiger partial charge in [-0.15, -0.1) is 11.3 Å². The van der Waals surface area contributed by atoms with Crippen molar-refractivity contribution in [1.82, 2.24) is 10.3 Å². The molecule has 0 unspecified atom stereocenters. The summed E-state index contributed by atoms with van der Waals surface area (Å²) in [6.07, 6.45) is 0. The van der Waals surface area contributed by atoms with Gasteiger partial charge in [0.05, 0.1) is 16.8 Å². The van der Waals surface area contributed by atoms with Gasteiger partial charge in [0, 0.05) is 0 Å². The van der Waals surface area contributed by atoms with Crippen LogP contribution in [0, 0.1) is 5.41 Å². The number of fused-ring (bicyclic) bond motifs is 1. The molecule has 72 valence electrons. The van der Waals surface area contributed by atoms with Crippen LogP contribution in [0.15, 0.2) is 24.3 Å². The van der Waals surface area contributed by atoms with Gasteiger partial charge in [0.1, 0.15) is 5.01 Å². The van der Waals surface area contributed by atoms with Crippen molar-refractivity contribution >= 4 is 27.5 Å². The Labute approximate surface area is 85.3 Å². The van der Waals surface area contributed by atoms with Crippen molar-refractivity contribution in [2.24, 2.45) is 5.73 Å². The van der Waals surface area contributed by atoms with E-state index >= 15 is 0 Å². The molecule has 0 aliphatic heterocycles. The number of aromatic nitrogens is 1. The molecule has 1 heterocycles. The Hall–Kier alpha value is -1.62. The van der Waals surface area contributed by atoms with Crippen LogP contribution < -0.4 is 11.1 Å². The Bertz CT molecular complexity index is 430. The van der Waals surface area contributed by atoms with Crippen LogP contribution in [0.3, 0.4) is 0 Å². The van der Waals surface area contributed by atoms with Crippen molar-refractivity contribution in [3.8, 4) is 0 Å². The van der Waals surface area contributed by atoms with Crippen LogP contribution in [0.4, 0.5) is 0 Å². The number of hydrogen-bond donors (Lipinski definition) is 3. The Kier molecular flexibility index (Phi) is 2.32. The lowest BCUT2D eigenvalue weighted by molar-refractivity contribution is 0.888. The Morgan fingerprint density at radius 3 is 3.00 bits per heavy atom. The molecule has 2 rings (SSSR count). The van der Waals surface area contributed by atoms with Gasteiger partial charge in [0.15, 0.2) is 5.96 Å². The Morgan fingerprint density at radius 1 is 1.50 bits per heavy atom. The van der Waals surface area contributed by atoms with Crippen molar-refractivity contribution in [3.63, 3.8) is 0 Å². The van der Waals surface area contributed by atoms with Crippen LogP contribution >= 0.6 is 11.3 Å². The van der Waals surface area contributed by atoms with Crippen LogP contribution in [0.1, 0.15) is 5.01 Å². The second kappa shape index (κ2) is 3.63. The van der Waals surface area contributed by atoms with Gasteiger partial charge in [-0.25, -0.2) is 4.98 Å². The molecule has 0 radical (unpaired) electrons. The van der Waals surface area contributed by atoms with E-state index in [9.17, 15) is 0 Å². The van der Waals surface area contributed by atoms with Crippen molar-refractivity contribution in [2.75, 3.05) is 0 Å². The fraction of sp³-hybridized carbons (Fsp3) is 0.111. The first-order valence-corrected chi connectivity index (χ1v) is 5.00. The van der Waals surface area contributed by atoms with Crippen LogP contribution in [-0.4, -0.2) is 10.9 Å². The fourth-order valence-corrected chi connectivity index (χ4v) is 2.07. The molecule has 1 aromatic carbocycles. The minimum atomic E-state index is -0.0238. The monoisotopic (exact) mass is 206 g/mol. The number of guanidine groups is 1. The zero-order valence-corrected chi connectivity index (χ0v) is 8.27. The molecule has 0 saturated carbocycles. The normalized spacial score (nSPS) is 10.3. The van der Waals surface area contributed by atoms with E-state index in [0.717, 1.165) is 15.2 Å². The first-order chi connectivity index (χ1) is 6.75. The highest BCUT2D eigenvalue weighted by Gasteiger charge is 2.01. The minimum Gasteiger partial charge on any atom is -0.370 e. The van der Waals surface area contributed by atoms with E-state index in [-0.39, 0.29) is 5.96 Å². The van der Waals surface area contributed by atoms with Gasteiger partial charge in [-0.05, 0) is 12.1 Å². The molecular weight excluding hydrogens is 196 g/mol. The van der Waals surface area contributed by atoms with E-state index in [4.69, 9.17) is 11.1 Å². The molecule has 0 saturated heterocycles. The van der Waals surface area contributed by atoms with Gasteiger partial charge >= 0.3 is 0 Å². The highest BCUT2D eigenvalue weighted by molar-refractivity contribution is 7.18. The van der Waals surface area contributed by atoms with Gasteiger partial charge in [-0.2, -0.15) is 0 Å². The molecule has 4 N–H and O–H groups in total. The summed E-state index contributed by atoms with van der Waals surface area (Å²) in [7, 11) is 0. The Morgan fingerprint density at radius 2 is 2.29 bits per heavy atom. The predicted molar refractivity (Wildman–Crippen MR) is 58.4 cm³/mol. The average Bonchev–Trinajstić information content (AvgIpc) is 2.57. The van der Waals surface area contributed by atoms with Crippen molar-refractivity contribution in [1.29, 1.82) is 5.41 Å².